The molecule has 42 heavy (non-hydrogen) atoms. The largest absolute Gasteiger partial charge is 0.481 e. The summed E-state index contributed by atoms with van der Waals surface area (Å²) in [5.74, 6) is -1.06. The minimum absolute atomic E-state index is 0.0709. The van der Waals surface area contributed by atoms with Crippen molar-refractivity contribution in [3.8, 4) is 0 Å². The van der Waals surface area contributed by atoms with E-state index in [1.54, 1.807) is 0 Å². The Bertz CT molecular complexity index is 566. The van der Waals surface area contributed by atoms with E-state index in [1.165, 1.54) is 83.5 Å². The highest BCUT2D eigenvalue weighted by Gasteiger charge is 2.08. The molecule has 0 aromatic rings. The molecule has 0 aliphatic heterocycles. The van der Waals surface area contributed by atoms with Crippen molar-refractivity contribution in [1.29, 1.82) is 0 Å². The molecule has 0 aromatic heterocycles. The van der Waals surface area contributed by atoms with Gasteiger partial charge in [-0.2, -0.15) is 0 Å². The van der Waals surface area contributed by atoms with E-state index in [4.69, 9.17) is 29.9 Å². The number of hydrogen-bond acceptors (Lipinski definition) is 8. The molecule has 0 aromatic carbocycles. The first-order chi connectivity index (χ1) is 20.0. The zero-order chi connectivity index (χ0) is 32.4. The summed E-state index contributed by atoms with van der Waals surface area (Å²) in [7, 11) is 0. The second kappa shape index (κ2) is 35.5. The summed E-state index contributed by atoms with van der Waals surface area (Å²) in [5, 5.41) is 32.5. The number of unbranched alkanes of at least 4 members (excludes halogenated alkanes) is 15. The van der Waals surface area contributed by atoms with Gasteiger partial charge in [-0.05, 0) is 47.0 Å². The maximum absolute atomic E-state index is 11.1. The molecule has 0 saturated heterocycles. The lowest BCUT2D eigenvalue weighted by Gasteiger charge is -2.08. The van der Waals surface area contributed by atoms with Crippen LogP contribution in [0, 0.1) is 0 Å². The predicted molar refractivity (Wildman–Crippen MR) is 168 cm³/mol. The fourth-order valence-electron chi connectivity index (χ4n) is 3.89. The monoisotopic (exact) mass is 606 g/mol. The summed E-state index contributed by atoms with van der Waals surface area (Å²) in [6, 6.07) is 0. The molecule has 0 bridgehead atoms. The van der Waals surface area contributed by atoms with Gasteiger partial charge in [0.05, 0.1) is 25.4 Å². The van der Waals surface area contributed by atoms with Gasteiger partial charge in [0.1, 0.15) is 6.10 Å². The summed E-state index contributed by atoms with van der Waals surface area (Å²) in [6.45, 7) is 8.81. The number of carboxylic acid groups (broad SMARTS) is 1. The topological polar surface area (TPSA) is 151 Å². The van der Waals surface area contributed by atoms with Gasteiger partial charge in [-0.3, -0.25) is 14.4 Å². The Labute approximate surface area is 256 Å². The van der Waals surface area contributed by atoms with Crippen LogP contribution in [-0.2, 0) is 23.9 Å². The minimum Gasteiger partial charge on any atom is -0.481 e. The van der Waals surface area contributed by atoms with E-state index >= 15 is 0 Å². The highest BCUT2D eigenvalue weighted by Crippen LogP contribution is 2.13. The first kappa shape index (κ1) is 44.7. The van der Waals surface area contributed by atoms with Gasteiger partial charge >= 0.3 is 17.9 Å². The third kappa shape index (κ3) is 45.3. The van der Waals surface area contributed by atoms with Crippen LogP contribution in [0.25, 0.3) is 0 Å². The Balaban J connectivity index is -0.000000616. The Hall–Kier alpha value is -1.71. The molecule has 0 unspecified atom stereocenters. The maximum atomic E-state index is 11.1. The number of esters is 2. The SMILES string of the molecule is CC(C)OC(=O)CCCCC(=O)OC(C)C.CCCCCCCCCCCCCCCCCC(=O)O.OCC(O)CO. The van der Waals surface area contributed by atoms with E-state index in [0.29, 0.717) is 32.1 Å². The summed E-state index contributed by atoms with van der Waals surface area (Å²) >= 11 is 0. The van der Waals surface area contributed by atoms with Gasteiger partial charge in [0.2, 0.25) is 0 Å². The van der Waals surface area contributed by atoms with E-state index < -0.39 is 12.1 Å². The Morgan fingerprint density at radius 1 is 0.524 bits per heavy atom. The predicted octanol–water partition coefficient (Wildman–Crippen LogP) is 7.11. The first-order valence-electron chi connectivity index (χ1n) is 16.5. The van der Waals surface area contributed by atoms with Gasteiger partial charge in [-0.1, -0.05) is 96.8 Å². The molecule has 0 fully saturated rings. The van der Waals surface area contributed by atoms with E-state index in [1.807, 2.05) is 27.7 Å². The number of aliphatic carboxylic acids is 1. The van der Waals surface area contributed by atoms with Crippen LogP contribution in [-0.4, -0.2) is 69.9 Å². The molecular formula is C33H66O9. The molecule has 0 spiro atoms. The average Bonchev–Trinajstić information content (AvgIpc) is 2.92. The molecule has 0 aliphatic rings. The van der Waals surface area contributed by atoms with Crippen LogP contribution in [0.15, 0.2) is 0 Å². The zero-order valence-electron chi connectivity index (χ0n) is 27.6. The Morgan fingerprint density at radius 3 is 1.05 bits per heavy atom. The number of ether oxygens (including phenoxy) is 2. The van der Waals surface area contributed by atoms with E-state index in [2.05, 4.69) is 6.92 Å². The van der Waals surface area contributed by atoms with Crippen molar-refractivity contribution in [3.05, 3.63) is 0 Å². The third-order valence-corrected chi connectivity index (χ3v) is 6.16. The number of carbonyl (C=O) groups is 3. The van der Waals surface area contributed by atoms with Crippen LogP contribution in [0.3, 0.4) is 0 Å². The van der Waals surface area contributed by atoms with Crippen molar-refractivity contribution in [2.45, 2.75) is 181 Å². The number of aliphatic hydroxyl groups excluding tert-OH is 3. The molecule has 252 valence electrons. The molecule has 0 amide bonds. The summed E-state index contributed by atoms with van der Waals surface area (Å²) in [6.07, 6.45) is 21.2. The number of rotatable bonds is 25. The molecule has 9 heteroatoms. The summed E-state index contributed by atoms with van der Waals surface area (Å²) in [4.78, 5) is 32.6. The normalized spacial score (nSPS) is 10.6. The van der Waals surface area contributed by atoms with Gasteiger partial charge in [0.25, 0.3) is 0 Å². The van der Waals surface area contributed by atoms with Crippen LogP contribution in [0.2, 0.25) is 0 Å². The van der Waals surface area contributed by atoms with Crippen molar-refractivity contribution in [3.63, 3.8) is 0 Å². The van der Waals surface area contributed by atoms with E-state index in [0.717, 1.165) is 12.8 Å². The van der Waals surface area contributed by atoms with Crippen LogP contribution in [0.4, 0.5) is 0 Å². The molecule has 4 N–H and O–H groups in total. The number of carbonyl (C=O) groups excluding carboxylic acids is 2. The summed E-state index contributed by atoms with van der Waals surface area (Å²) < 4.78 is 9.93. The third-order valence-electron chi connectivity index (χ3n) is 6.16. The van der Waals surface area contributed by atoms with Crippen LogP contribution in [0.1, 0.15) is 163 Å². The number of hydrogen-bond donors (Lipinski definition) is 4. The molecule has 0 rings (SSSR count). The van der Waals surface area contributed by atoms with Gasteiger partial charge in [-0.25, -0.2) is 0 Å². The highest BCUT2D eigenvalue weighted by molar-refractivity contribution is 5.70. The Kier molecular flexibility index (Phi) is 37.8. The van der Waals surface area contributed by atoms with Gasteiger partial charge in [-0.15, -0.1) is 0 Å². The average molecular weight is 607 g/mol. The number of carboxylic acids is 1. The van der Waals surface area contributed by atoms with E-state index in [9.17, 15) is 14.4 Å². The van der Waals surface area contributed by atoms with Crippen molar-refractivity contribution < 1.29 is 44.3 Å². The molecule has 0 atom stereocenters. The molecule has 0 radical (unpaired) electrons. The van der Waals surface area contributed by atoms with Gasteiger partial charge in [0, 0.05) is 19.3 Å². The smallest absolute Gasteiger partial charge is 0.306 e. The number of aliphatic hydroxyl groups is 3. The van der Waals surface area contributed by atoms with Crippen molar-refractivity contribution in [2.75, 3.05) is 13.2 Å². The lowest BCUT2D eigenvalue weighted by atomic mass is 10.0. The van der Waals surface area contributed by atoms with Crippen LogP contribution in [0.5, 0.6) is 0 Å². The first-order valence-corrected chi connectivity index (χ1v) is 16.5. The molecule has 0 saturated carbocycles. The second-order valence-electron chi connectivity index (χ2n) is 11.4. The minimum atomic E-state index is -0.954. The van der Waals surface area contributed by atoms with Crippen LogP contribution < -0.4 is 0 Å². The maximum Gasteiger partial charge on any atom is 0.306 e. The lowest BCUT2D eigenvalue weighted by molar-refractivity contribution is -0.149. The lowest BCUT2D eigenvalue weighted by Crippen LogP contribution is -2.15. The van der Waals surface area contributed by atoms with E-state index in [-0.39, 0.29) is 37.4 Å². The van der Waals surface area contributed by atoms with Crippen molar-refractivity contribution in [2.24, 2.45) is 0 Å². The Morgan fingerprint density at radius 2 is 0.810 bits per heavy atom. The van der Waals surface area contributed by atoms with Crippen molar-refractivity contribution >= 4 is 17.9 Å². The summed E-state index contributed by atoms with van der Waals surface area (Å²) in [5.41, 5.74) is 0. The van der Waals surface area contributed by atoms with Crippen LogP contribution >= 0.6 is 0 Å². The van der Waals surface area contributed by atoms with Gasteiger partial charge < -0.3 is 29.9 Å². The quantitative estimate of drug-likeness (QED) is 0.0629. The standard InChI is InChI=1S/C18H36O2.C12H22O4.C3H8O3/c1-2-3-4-5-6-7-8-9-10-11-12-13-14-15-16-17-18(19)20;1-9(2)15-11(13)7-5-6-8-12(14)16-10(3)4;4-1-3(6)2-5/h2-17H2,1H3,(H,19,20);9-10H,5-8H2,1-4H3;3-6H,1-2H2. The highest BCUT2D eigenvalue weighted by atomic mass is 16.5. The molecule has 9 nitrogen and oxygen atoms in total. The molecular weight excluding hydrogens is 540 g/mol. The fraction of sp³-hybridized carbons (Fsp3) is 0.909. The fourth-order valence-corrected chi connectivity index (χ4v) is 3.89. The van der Waals surface area contributed by atoms with Crippen molar-refractivity contribution in [1.82, 2.24) is 0 Å². The molecule has 0 heterocycles. The molecule has 0 aliphatic carbocycles. The second-order valence-corrected chi connectivity index (χ2v) is 11.4. The zero-order valence-corrected chi connectivity index (χ0v) is 27.6. The van der Waals surface area contributed by atoms with Gasteiger partial charge in [0.15, 0.2) is 0 Å².